The highest BCUT2D eigenvalue weighted by molar-refractivity contribution is 5.89. The molecule has 24 heavy (non-hydrogen) atoms. The van der Waals surface area contributed by atoms with Gasteiger partial charge in [-0.05, 0) is 18.4 Å². The maximum atomic E-state index is 12.2. The Hall–Kier alpha value is -2.34. The molecule has 0 bridgehead atoms. The third-order valence-corrected chi connectivity index (χ3v) is 4.83. The molecule has 2 aromatic rings. The monoisotopic (exact) mass is 328 g/mol. The van der Waals surface area contributed by atoms with E-state index < -0.39 is 0 Å². The highest BCUT2D eigenvalue weighted by atomic mass is 16.3. The van der Waals surface area contributed by atoms with Gasteiger partial charge in [0.1, 0.15) is 0 Å². The Bertz CT molecular complexity index is 685. The number of carbonyl (C=O) groups excluding carboxylic acids is 1. The van der Waals surface area contributed by atoms with Crippen molar-refractivity contribution >= 4 is 11.7 Å². The summed E-state index contributed by atoms with van der Waals surface area (Å²) in [4.78, 5) is 12.2. The van der Waals surface area contributed by atoms with Crippen molar-refractivity contribution in [3.63, 3.8) is 0 Å². The van der Waals surface area contributed by atoms with E-state index in [1.54, 1.807) is 10.9 Å². The molecule has 0 spiro atoms. The molecule has 128 valence electrons. The smallest absolute Gasteiger partial charge is 0.319 e. The van der Waals surface area contributed by atoms with E-state index in [0.717, 1.165) is 24.8 Å². The minimum Gasteiger partial charge on any atom is -0.396 e. The van der Waals surface area contributed by atoms with Crippen LogP contribution < -0.4 is 10.6 Å². The molecule has 3 rings (SSSR count). The van der Waals surface area contributed by atoms with Gasteiger partial charge in [0.05, 0.1) is 25.0 Å². The van der Waals surface area contributed by atoms with E-state index in [1.807, 2.05) is 43.5 Å². The summed E-state index contributed by atoms with van der Waals surface area (Å²) in [5.74, 6) is 0. The van der Waals surface area contributed by atoms with Crippen molar-refractivity contribution in [2.24, 2.45) is 5.41 Å². The van der Waals surface area contributed by atoms with Crippen molar-refractivity contribution in [3.8, 4) is 0 Å². The summed E-state index contributed by atoms with van der Waals surface area (Å²) >= 11 is 0. The third-order valence-electron chi connectivity index (χ3n) is 4.83. The van der Waals surface area contributed by atoms with E-state index in [0.29, 0.717) is 12.2 Å². The topological polar surface area (TPSA) is 79.2 Å². The number of aromatic nitrogens is 2. The molecule has 6 heteroatoms. The summed E-state index contributed by atoms with van der Waals surface area (Å²) in [7, 11) is 0. The summed E-state index contributed by atoms with van der Waals surface area (Å²) in [6.45, 7) is 2.77. The Balaban J connectivity index is 1.55. The summed E-state index contributed by atoms with van der Waals surface area (Å²) < 4.78 is 1.79. The predicted molar refractivity (Wildman–Crippen MR) is 92.8 cm³/mol. The Morgan fingerprint density at radius 2 is 2.21 bits per heavy atom. The van der Waals surface area contributed by atoms with E-state index in [1.165, 1.54) is 0 Å². The van der Waals surface area contributed by atoms with E-state index in [4.69, 9.17) is 0 Å². The number of carbonyl (C=O) groups is 1. The number of nitrogens with zero attached hydrogens (tertiary/aromatic N) is 2. The van der Waals surface area contributed by atoms with Crippen LogP contribution >= 0.6 is 0 Å². The zero-order valence-electron chi connectivity index (χ0n) is 13.9. The Morgan fingerprint density at radius 3 is 2.96 bits per heavy atom. The van der Waals surface area contributed by atoms with Crippen LogP contribution in [0.1, 0.15) is 31.7 Å². The van der Waals surface area contributed by atoms with Gasteiger partial charge in [-0.3, -0.25) is 4.68 Å². The minimum atomic E-state index is -0.249. The lowest BCUT2D eigenvalue weighted by molar-refractivity contribution is 0.122. The van der Waals surface area contributed by atoms with Crippen molar-refractivity contribution in [1.29, 1.82) is 0 Å². The largest absolute Gasteiger partial charge is 0.396 e. The summed E-state index contributed by atoms with van der Waals surface area (Å²) in [5.41, 5.74) is 1.59. The SMILES string of the molecule is CC1(CO)CCCC1NC(=O)Nc1cnn(Cc2ccccc2)c1. The van der Waals surface area contributed by atoms with Crippen molar-refractivity contribution in [2.75, 3.05) is 11.9 Å². The first kappa shape index (κ1) is 16.5. The van der Waals surface area contributed by atoms with Crippen LogP contribution in [0.15, 0.2) is 42.7 Å². The number of aliphatic hydroxyl groups is 1. The van der Waals surface area contributed by atoms with E-state index in [2.05, 4.69) is 15.7 Å². The van der Waals surface area contributed by atoms with Gasteiger partial charge >= 0.3 is 6.03 Å². The van der Waals surface area contributed by atoms with Gasteiger partial charge in [0.2, 0.25) is 0 Å². The molecular formula is C18H24N4O2. The molecule has 0 saturated heterocycles. The van der Waals surface area contributed by atoms with Gasteiger partial charge in [-0.2, -0.15) is 5.10 Å². The van der Waals surface area contributed by atoms with Gasteiger partial charge in [-0.15, -0.1) is 0 Å². The lowest BCUT2D eigenvalue weighted by atomic mass is 9.86. The first-order valence-corrected chi connectivity index (χ1v) is 8.34. The molecule has 1 aliphatic rings. The maximum Gasteiger partial charge on any atom is 0.319 e. The van der Waals surface area contributed by atoms with Crippen LogP contribution in [-0.2, 0) is 6.54 Å². The van der Waals surface area contributed by atoms with Crippen molar-refractivity contribution in [3.05, 3.63) is 48.3 Å². The molecule has 3 N–H and O–H groups in total. The summed E-state index contributed by atoms with van der Waals surface area (Å²) in [6, 6.07) is 9.79. The van der Waals surface area contributed by atoms with Gasteiger partial charge in [0.25, 0.3) is 0 Å². The predicted octanol–water partition coefficient (Wildman–Crippen LogP) is 2.60. The number of benzene rings is 1. The fourth-order valence-corrected chi connectivity index (χ4v) is 3.28. The molecule has 0 aliphatic heterocycles. The highest BCUT2D eigenvalue weighted by Gasteiger charge is 2.39. The Kier molecular flexibility index (Phi) is 4.85. The molecule has 1 aromatic carbocycles. The standard InChI is InChI=1S/C18H24N4O2/c1-18(13-23)9-5-8-16(18)21-17(24)20-15-10-19-22(12-15)11-14-6-3-2-4-7-14/h2-4,6-7,10,12,16,23H,5,8-9,11,13H2,1H3,(H2,20,21,24). The molecule has 2 amide bonds. The molecule has 2 atom stereocenters. The van der Waals surface area contributed by atoms with Gasteiger partial charge in [0.15, 0.2) is 0 Å². The fourth-order valence-electron chi connectivity index (χ4n) is 3.28. The second-order valence-corrected chi connectivity index (χ2v) is 6.77. The second-order valence-electron chi connectivity index (χ2n) is 6.77. The van der Waals surface area contributed by atoms with E-state index in [-0.39, 0.29) is 24.1 Å². The zero-order chi connectivity index (χ0) is 17.0. The molecule has 6 nitrogen and oxygen atoms in total. The van der Waals surface area contributed by atoms with Crippen LogP contribution in [0.3, 0.4) is 0 Å². The number of urea groups is 1. The van der Waals surface area contributed by atoms with Crippen LogP contribution in [-0.4, -0.2) is 33.6 Å². The van der Waals surface area contributed by atoms with E-state index >= 15 is 0 Å². The molecule has 1 fully saturated rings. The van der Waals surface area contributed by atoms with Gasteiger partial charge < -0.3 is 15.7 Å². The maximum absolute atomic E-state index is 12.2. The Labute approximate surface area is 141 Å². The number of amides is 2. The van der Waals surface area contributed by atoms with Gasteiger partial charge in [-0.1, -0.05) is 43.7 Å². The highest BCUT2D eigenvalue weighted by Crippen LogP contribution is 2.37. The molecule has 2 unspecified atom stereocenters. The van der Waals surface area contributed by atoms with Crippen LogP contribution in [0.5, 0.6) is 0 Å². The fraction of sp³-hybridized carbons (Fsp3) is 0.444. The third kappa shape index (κ3) is 3.76. The number of anilines is 1. The molecule has 1 saturated carbocycles. The number of nitrogens with one attached hydrogen (secondary N) is 2. The average molecular weight is 328 g/mol. The van der Waals surface area contributed by atoms with Crippen molar-refractivity contribution in [2.45, 2.75) is 38.8 Å². The molecular weight excluding hydrogens is 304 g/mol. The molecule has 1 heterocycles. The lowest BCUT2D eigenvalue weighted by Crippen LogP contribution is -2.46. The summed E-state index contributed by atoms with van der Waals surface area (Å²) in [5, 5.41) is 19.6. The zero-order valence-corrected chi connectivity index (χ0v) is 13.9. The number of hydrogen-bond donors (Lipinski definition) is 3. The Morgan fingerprint density at radius 1 is 1.42 bits per heavy atom. The summed E-state index contributed by atoms with van der Waals surface area (Å²) in [6.07, 6.45) is 6.31. The van der Waals surface area contributed by atoms with Gasteiger partial charge in [-0.25, -0.2) is 4.79 Å². The van der Waals surface area contributed by atoms with Crippen LogP contribution in [0, 0.1) is 5.41 Å². The second kappa shape index (κ2) is 7.05. The van der Waals surface area contributed by atoms with Crippen LogP contribution in [0.2, 0.25) is 0 Å². The number of aliphatic hydroxyl groups excluding tert-OH is 1. The molecule has 1 aliphatic carbocycles. The average Bonchev–Trinajstić information content (AvgIpc) is 3.16. The van der Waals surface area contributed by atoms with Crippen molar-refractivity contribution < 1.29 is 9.90 Å². The first-order chi connectivity index (χ1) is 11.6. The molecule has 1 aromatic heterocycles. The van der Waals surface area contributed by atoms with Crippen LogP contribution in [0.4, 0.5) is 10.5 Å². The first-order valence-electron chi connectivity index (χ1n) is 8.34. The van der Waals surface area contributed by atoms with Crippen molar-refractivity contribution in [1.82, 2.24) is 15.1 Å². The lowest BCUT2D eigenvalue weighted by Gasteiger charge is -2.29. The number of hydrogen-bond acceptors (Lipinski definition) is 3. The normalized spacial score (nSPS) is 23.2. The van der Waals surface area contributed by atoms with Crippen LogP contribution in [0.25, 0.3) is 0 Å². The minimum absolute atomic E-state index is 0.00173. The molecule has 0 radical (unpaired) electrons. The number of rotatable bonds is 5. The van der Waals surface area contributed by atoms with E-state index in [9.17, 15) is 9.90 Å². The van der Waals surface area contributed by atoms with Gasteiger partial charge in [0, 0.05) is 17.7 Å². The quantitative estimate of drug-likeness (QED) is 0.789.